The first-order valence-corrected chi connectivity index (χ1v) is 10.0. The molecule has 2 aromatic heterocycles. The highest BCUT2D eigenvalue weighted by atomic mass is 35.5. The number of piperidine rings is 1. The number of carbonyl (C=O) groups is 1. The molecule has 1 aliphatic rings. The third kappa shape index (κ3) is 4.06. The van der Waals surface area contributed by atoms with Crippen molar-refractivity contribution in [1.82, 2.24) is 29.9 Å². The molecular weight excluding hydrogens is 406 g/mol. The van der Waals surface area contributed by atoms with Crippen LogP contribution < -0.4 is 10.1 Å². The van der Waals surface area contributed by atoms with Crippen LogP contribution >= 0.6 is 11.6 Å². The average Bonchev–Trinajstić information content (AvgIpc) is 3.31. The van der Waals surface area contributed by atoms with Crippen LogP contribution in [0.3, 0.4) is 0 Å². The lowest BCUT2D eigenvalue weighted by Crippen LogP contribution is -2.52. The Hall–Kier alpha value is -3.20. The first kappa shape index (κ1) is 20.1. The number of ether oxygens (including phenoxy) is 1. The number of amides is 1. The highest BCUT2D eigenvalue weighted by molar-refractivity contribution is 6.29. The molecule has 4 rings (SSSR count). The Morgan fingerprint density at radius 3 is 2.73 bits per heavy atom. The number of benzene rings is 1. The number of anilines is 1. The van der Waals surface area contributed by atoms with Crippen molar-refractivity contribution in [2.75, 3.05) is 19.0 Å². The monoisotopic (exact) mass is 427 g/mol. The lowest BCUT2D eigenvalue weighted by atomic mass is 9.96. The lowest BCUT2D eigenvalue weighted by molar-refractivity contribution is 0.0616. The second kappa shape index (κ2) is 8.66. The van der Waals surface area contributed by atoms with Gasteiger partial charge in [-0.3, -0.25) is 4.79 Å². The van der Waals surface area contributed by atoms with Gasteiger partial charge in [-0.05, 0) is 31.9 Å². The number of hydrogen-bond donors (Lipinski definition) is 1. The number of likely N-dealkylation sites (tertiary alicyclic amines) is 1. The molecule has 3 heterocycles. The molecule has 1 fully saturated rings. The maximum absolute atomic E-state index is 13.5. The van der Waals surface area contributed by atoms with E-state index in [4.69, 9.17) is 16.3 Å². The van der Waals surface area contributed by atoms with E-state index in [0.717, 1.165) is 12.8 Å². The number of aromatic nitrogens is 5. The molecule has 9 nitrogen and oxygen atoms in total. The van der Waals surface area contributed by atoms with Gasteiger partial charge in [0.05, 0.1) is 37.5 Å². The van der Waals surface area contributed by atoms with Gasteiger partial charge in [-0.1, -0.05) is 11.6 Å². The standard InChI is InChI=1S/C20H22ClN7O2/c1-13-16(26-19-12-22-18(21)11-23-19)4-3-9-27(13)20(29)15-6-5-14(30-2)10-17(15)28-24-7-8-25-28/h5-8,10-13,16H,3-4,9H2,1-2H3,(H,23,26). The van der Waals surface area contributed by atoms with Crippen LogP contribution in [0.25, 0.3) is 5.69 Å². The molecule has 0 bridgehead atoms. The summed E-state index contributed by atoms with van der Waals surface area (Å²) in [5.41, 5.74) is 1.10. The summed E-state index contributed by atoms with van der Waals surface area (Å²) in [4.78, 5) is 25.1. The number of halogens is 1. The zero-order valence-electron chi connectivity index (χ0n) is 16.7. The van der Waals surface area contributed by atoms with Gasteiger partial charge in [-0.15, -0.1) is 0 Å². The number of nitrogens with zero attached hydrogens (tertiary/aromatic N) is 6. The number of carbonyl (C=O) groups excluding carboxylic acids is 1. The molecule has 30 heavy (non-hydrogen) atoms. The summed E-state index contributed by atoms with van der Waals surface area (Å²) >= 11 is 5.82. The van der Waals surface area contributed by atoms with E-state index in [2.05, 4.69) is 25.5 Å². The number of nitrogens with one attached hydrogen (secondary N) is 1. The van der Waals surface area contributed by atoms with Gasteiger partial charge in [0, 0.05) is 24.7 Å². The SMILES string of the molecule is COc1ccc(C(=O)N2CCCC(Nc3cnc(Cl)cn3)C2C)c(-n2nccn2)c1. The summed E-state index contributed by atoms with van der Waals surface area (Å²) in [6.07, 6.45) is 8.04. The van der Waals surface area contributed by atoms with Crippen LogP contribution in [-0.4, -0.2) is 61.5 Å². The molecule has 1 saturated heterocycles. The van der Waals surface area contributed by atoms with Crippen molar-refractivity contribution in [1.29, 1.82) is 0 Å². The summed E-state index contributed by atoms with van der Waals surface area (Å²) < 4.78 is 5.32. The van der Waals surface area contributed by atoms with Crippen LogP contribution in [0.4, 0.5) is 5.82 Å². The van der Waals surface area contributed by atoms with Gasteiger partial charge in [0.15, 0.2) is 0 Å². The third-order valence-corrected chi connectivity index (χ3v) is 5.47. The molecule has 156 valence electrons. The first-order chi connectivity index (χ1) is 14.6. The Morgan fingerprint density at radius 1 is 1.23 bits per heavy atom. The van der Waals surface area contributed by atoms with Crippen molar-refractivity contribution in [3.8, 4) is 11.4 Å². The fourth-order valence-corrected chi connectivity index (χ4v) is 3.78. The third-order valence-electron chi connectivity index (χ3n) is 5.27. The predicted octanol–water partition coefficient (Wildman–Crippen LogP) is 2.82. The van der Waals surface area contributed by atoms with Crippen LogP contribution in [0, 0.1) is 0 Å². The Labute approximate surface area is 179 Å². The highest BCUT2D eigenvalue weighted by Crippen LogP contribution is 2.26. The van der Waals surface area contributed by atoms with Crippen LogP contribution in [-0.2, 0) is 0 Å². The quantitative estimate of drug-likeness (QED) is 0.668. The number of methoxy groups -OCH3 is 1. The van der Waals surface area contributed by atoms with Crippen LogP contribution in [0.2, 0.25) is 5.15 Å². The van der Waals surface area contributed by atoms with Crippen LogP contribution in [0.1, 0.15) is 30.1 Å². The molecule has 3 aromatic rings. The summed E-state index contributed by atoms with van der Waals surface area (Å²) in [5, 5.41) is 12.1. The van der Waals surface area contributed by atoms with Gasteiger partial charge in [0.2, 0.25) is 0 Å². The van der Waals surface area contributed by atoms with E-state index in [1.54, 1.807) is 43.9 Å². The summed E-state index contributed by atoms with van der Waals surface area (Å²) in [5.74, 6) is 1.19. The van der Waals surface area contributed by atoms with Gasteiger partial charge in [0.1, 0.15) is 22.4 Å². The number of hydrogen-bond acceptors (Lipinski definition) is 7. The van der Waals surface area contributed by atoms with Gasteiger partial charge < -0.3 is 15.0 Å². The van der Waals surface area contributed by atoms with E-state index in [1.165, 1.54) is 11.0 Å². The zero-order chi connectivity index (χ0) is 21.1. The van der Waals surface area contributed by atoms with Gasteiger partial charge >= 0.3 is 0 Å². The molecule has 1 aromatic carbocycles. The van der Waals surface area contributed by atoms with Crippen molar-refractivity contribution in [2.45, 2.75) is 31.8 Å². The van der Waals surface area contributed by atoms with E-state index in [0.29, 0.717) is 34.5 Å². The summed E-state index contributed by atoms with van der Waals surface area (Å²) in [6, 6.07) is 5.29. The maximum atomic E-state index is 13.5. The Morgan fingerprint density at radius 2 is 2.03 bits per heavy atom. The van der Waals surface area contributed by atoms with Crippen LogP contribution in [0.5, 0.6) is 5.75 Å². The lowest BCUT2D eigenvalue weighted by Gasteiger charge is -2.40. The summed E-state index contributed by atoms with van der Waals surface area (Å²) in [6.45, 7) is 2.70. The first-order valence-electron chi connectivity index (χ1n) is 9.66. The maximum Gasteiger partial charge on any atom is 0.256 e. The topological polar surface area (TPSA) is 98.1 Å². The van der Waals surface area contributed by atoms with E-state index in [-0.39, 0.29) is 18.0 Å². The molecule has 0 radical (unpaired) electrons. The second-order valence-electron chi connectivity index (χ2n) is 7.06. The minimum absolute atomic E-state index is 0.0442. The van der Waals surface area contributed by atoms with Crippen molar-refractivity contribution in [3.63, 3.8) is 0 Å². The van der Waals surface area contributed by atoms with E-state index >= 15 is 0 Å². The largest absolute Gasteiger partial charge is 0.497 e. The molecule has 1 N–H and O–H groups in total. The fourth-order valence-electron chi connectivity index (χ4n) is 3.68. The van der Waals surface area contributed by atoms with Crippen LogP contribution in [0.15, 0.2) is 43.0 Å². The van der Waals surface area contributed by atoms with E-state index in [1.807, 2.05) is 11.8 Å². The second-order valence-corrected chi connectivity index (χ2v) is 7.45. The van der Waals surface area contributed by atoms with Gasteiger partial charge in [0.25, 0.3) is 5.91 Å². The summed E-state index contributed by atoms with van der Waals surface area (Å²) in [7, 11) is 1.58. The minimum atomic E-state index is -0.0776. The minimum Gasteiger partial charge on any atom is -0.497 e. The van der Waals surface area contributed by atoms with Crippen molar-refractivity contribution < 1.29 is 9.53 Å². The molecule has 2 unspecified atom stereocenters. The highest BCUT2D eigenvalue weighted by Gasteiger charge is 2.33. The molecule has 2 atom stereocenters. The van der Waals surface area contributed by atoms with Crippen molar-refractivity contribution in [3.05, 3.63) is 53.7 Å². The van der Waals surface area contributed by atoms with E-state index < -0.39 is 0 Å². The Bertz CT molecular complexity index is 1010. The van der Waals surface area contributed by atoms with E-state index in [9.17, 15) is 4.79 Å². The normalized spacial score (nSPS) is 18.8. The smallest absolute Gasteiger partial charge is 0.256 e. The Balaban J connectivity index is 1.59. The average molecular weight is 428 g/mol. The van der Waals surface area contributed by atoms with Crippen molar-refractivity contribution in [2.24, 2.45) is 0 Å². The number of rotatable bonds is 5. The van der Waals surface area contributed by atoms with Crippen molar-refractivity contribution >= 4 is 23.3 Å². The molecule has 0 aliphatic carbocycles. The molecular formula is C20H22ClN7O2. The Kier molecular flexibility index (Phi) is 5.80. The zero-order valence-corrected chi connectivity index (χ0v) is 17.5. The van der Waals surface area contributed by atoms with Gasteiger partial charge in [-0.25, -0.2) is 9.97 Å². The molecule has 1 amide bonds. The predicted molar refractivity (Wildman–Crippen MR) is 112 cm³/mol. The molecule has 10 heteroatoms. The molecule has 0 spiro atoms. The van der Waals surface area contributed by atoms with Gasteiger partial charge in [-0.2, -0.15) is 15.0 Å². The fraction of sp³-hybridized carbons (Fsp3) is 0.350. The molecule has 1 aliphatic heterocycles. The molecule has 0 saturated carbocycles.